The van der Waals surface area contributed by atoms with E-state index in [9.17, 15) is 0 Å². The summed E-state index contributed by atoms with van der Waals surface area (Å²) in [5, 5.41) is 0. The molecule has 0 aliphatic rings. The monoisotopic (exact) mass is 522 g/mol. The summed E-state index contributed by atoms with van der Waals surface area (Å²) >= 11 is 0. The summed E-state index contributed by atoms with van der Waals surface area (Å²) in [6, 6.07) is 4.06. The normalized spacial score (nSPS) is 10.4. The molecule has 0 aromatic heterocycles. The molecule has 1 aromatic rings. The van der Waals surface area contributed by atoms with Crippen LogP contribution in [0, 0.1) is 23.7 Å². The van der Waals surface area contributed by atoms with Crippen LogP contribution in [-0.4, -0.2) is 13.2 Å². The summed E-state index contributed by atoms with van der Waals surface area (Å²) in [4.78, 5) is 0. The molecular formula is C36H58O2. The largest absolute Gasteiger partial charge is 0.492 e. The van der Waals surface area contributed by atoms with Crippen molar-refractivity contribution in [2.24, 2.45) is 0 Å². The fourth-order valence-corrected chi connectivity index (χ4v) is 4.81. The first kappa shape index (κ1) is 34.0. The number of benzene rings is 1. The Kier molecular flexibility index (Phi) is 22.6. The first-order valence-corrected chi connectivity index (χ1v) is 16.1. The van der Waals surface area contributed by atoms with Gasteiger partial charge in [0.2, 0.25) is 0 Å². The molecule has 0 N–H and O–H groups in total. The molecule has 1 aromatic carbocycles. The van der Waals surface area contributed by atoms with E-state index in [1.165, 1.54) is 116 Å². The minimum atomic E-state index is 0.729. The molecule has 0 atom stereocenters. The van der Waals surface area contributed by atoms with E-state index in [-0.39, 0.29) is 0 Å². The summed E-state index contributed by atoms with van der Waals surface area (Å²) in [7, 11) is 0. The van der Waals surface area contributed by atoms with Crippen molar-refractivity contribution in [1.82, 2.24) is 0 Å². The average Bonchev–Trinajstić information content (AvgIpc) is 2.92. The maximum Gasteiger partial charge on any atom is 0.136 e. The van der Waals surface area contributed by atoms with E-state index < -0.39 is 0 Å². The van der Waals surface area contributed by atoms with Gasteiger partial charge in [0.05, 0.1) is 24.3 Å². The van der Waals surface area contributed by atoms with Crippen molar-refractivity contribution in [3.8, 4) is 35.2 Å². The Bertz CT molecular complexity index is 748. The quantitative estimate of drug-likeness (QED) is 0.0992. The van der Waals surface area contributed by atoms with Gasteiger partial charge in [-0.05, 0) is 26.7 Å². The van der Waals surface area contributed by atoms with Gasteiger partial charge in [0.15, 0.2) is 0 Å². The zero-order chi connectivity index (χ0) is 27.5. The van der Waals surface area contributed by atoms with Gasteiger partial charge in [0.1, 0.15) is 11.5 Å². The van der Waals surface area contributed by atoms with Crippen molar-refractivity contribution in [2.45, 2.75) is 156 Å². The van der Waals surface area contributed by atoms with Gasteiger partial charge in [-0.2, -0.15) is 0 Å². The van der Waals surface area contributed by atoms with E-state index in [1.54, 1.807) is 0 Å². The molecule has 2 nitrogen and oxygen atoms in total. The third-order valence-electron chi connectivity index (χ3n) is 7.11. The van der Waals surface area contributed by atoms with Crippen LogP contribution < -0.4 is 9.47 Å². The van der Waals surface area contributed by atoms with E-state index in [2.05, 4.69) is 37.5 Å². The van der Waals surface area contributed by atoms with E-state index in [4.69, 9.17) is 9.47 Å². The van der Waals surface area contributed by atoms with Crippen LogP contribution in [-0.2, 0) is 0 Å². The molecule has 0 spiro atoms. The van der Waals surface area contributed by atoms with Crippen LogP contribution in [0.4, 0.5) is 0 Å². The smallest absolute Gasteiger partial charge is 0.136 e. The Balaban J connectivity index is 2.40. The van der Waals surface area contributed by atoms with Crippen molar-refractivity contribution >= 4 is 0 Å². The van der Waals surface area contributed by atoms with Gasteiger partial charge in [0.25, 0.3) is 0 Å². The Labute approximate surface area is 237 Å². The van der Waals surface area contributed by atoms with Crippen molar-refractivity contribution < 1.29 is 9.47 Å². The molecule has 0 saturated carbocycles. The molecule has 38 heavy (non-hydrogen) atoms. The summed E-state index contributed by atoms with van der Waals surface area (Å²) in [5.74, 6) is 14.2. The second-order valence-electron chi connectivity index (χ2n) is 10.7. The molecule has 0 unspecified atom stereocenters. The van der Waals surface area contributed by atoms with Crippen LogP contribution in [0.1, 0.15) is 167 Å². The zero-order valence-corrected chi connectivity index (χ0v) is 25.5. The van der Waals surface area contributed by atoms with E-state index in [1.807, 2.05) is 26.0 Å². The van der Waals surface area contributed by atoms with Crippen LogP contribution in [0.2, 0.25) is 0 Å². The van der Waals surface area contributed by atoms with Crippen LogP contribution in [0.25, 0.3) is 0 Å². The van der Waals surface area contributed by atoms with E-state index in [0.29, 0.717) is 0 Å². The highest BCUT2D eigenvalue weighted by Gasteiger charge is 2.11. The Hall–Kier alpha value is -2.06. The minimum absolute atomic E-state index is 0.729. The van der Waals surface area contributed by atoms with Crippen molar-refractivity contribution in [2.75, 3.05) is 13.2 Å². The number of hydrogen-bond donors (Lipinski definition) is 0. The first-order valence-electron chi connectivity index (χ1n) is 16.1. The van der Waals surface area contributed by atoms with Gasteiger partial charge in [-0.25, -0.2) is 0 Å². The highest BCUT2D eigenvalue weighted by molar-refractivity contribution is 5.58. The minimum Gasteiger partial charge on any atom is -0.492 e. The highest BCUT2D eigenvalue weighted by Crippen LogP contribution is 2.29. The number of rotatable bonds is 24. The molecule has 0 aliphatic carbocycles. The highest BCUT2D eigenvalue weighted by atomic mass is 16.5. The third kappa shape index (κ3) is 17.4. The Morgan fingerprint density at radius 1 is 0.447 bits per heavy atom. The van der Waals surface area contributed by atoms with Crippen molar-refractivity contribution in [3.63, 3.8) is 0 Å². The van der Waals surface area contributed by atoms with Crippen molar-refractivity contribution in [1.29, 1.82) is 0 Å². The number of unbranched alkanes of at least 4 members (excludes halogenated alkanes) is 18. The second-order valence-corrected chi connectivity index (χ2v) is 10.7. The fourth-order valence-electron chi connectivity index (χ4n) is 4.81. The molecule has 0 fully saturated rings. The molecule has 1 rings (SSSR count). The third-order valence-corrected chi connectivity index (χ3v) is 7.11. The maximum absolute atomic E-state index is 6.19. The molecule has 0 radical (unpaired) electrons. The van der Waals surface area contributed by atoms with Gasteiger partial charge in [-0.3, -0.25) is 0 Å². The SMILES string of the molecule is CC#Cc1cc(OCCCCCCCCCCCC)c(C#CC)cc1OCCCCCCCCCCCC. The lowest BCUT2D eigenvalue weighted by Crippen LogP contribution is -2.03. The summed E-state index contributed by atoms with van der Waals surface area (Å²) in [6.07, 6.45) is 26.5. The molecule has 0 heterocycles. The molecule has 0 bridgehead atoms. The maximum atomic E-state index is 6.19. The zero-order valence-electron chi connectivity index (χ0n) is 25.5. The first-order chi connectivity index (χ1) is 18.8. The van der Waals surface area contributed by atoms with Gasteiger partial charge in [0, 0.05) is 12.1 Å². The molecule has 2 heteroatoms. The van der Waals surface area contributed by atoms with Crippen LogP contribution in [0.5, 0.6) is 11.5 Å². The van der Waals surface area contributed by atoms with Gasteiger partial charge in [-0.1, -0.05) is 141 Å². The molecule has 0 saturated heterocycles. The molecular weight excluding hydrogens is 464 g/mol. The van der Waals surface area contributed by atoms with E-state index >= 15 is 0 Å². The van der Waals surface area contributed by atoms with Crippen LogP contribution in [0.15, 0.2) is 12.1 Å². The van der Waals surface area contributed by atoms with E-state index in [0.717, 1.165) is 48.7 Å². The fraction of sp³-hybridized carbons (Fsp3) is 0.722. The predicted octanol–water partition coefficient (Wildman–Crippen LogP) is 11.0. The topological polar surface area (TPSA) is 18.5 Å². The molecule has 214 valence electrons. The Morgan fingerprint density at radius 3 is 1.03 bits per heavy atom. The molecule has 0 amide bonds. The Morgan fingerprint density at radius 2 is 0.737 bits per heavy atom. The van der Waals surface area contributed by atoms with Crippen LogP contribution in [0.3, 0.4) is 0 Å². The second kappa shape index (κ2) is 25.2. The predicted molar refractivity (Wildman–Crippen MR) is 166 cm³/mol. The summed E-state index contributed by atoms with van der Waals surface area (Å²) in [6.45, 7) is 9.76. The average molecular weight is 523 g/mol. The summed E-state index contributed by atoms with van der Waals surface area (Å²) < 4.78 is 12.4. The van der Waals surface area contributed by atoms with Gasteiger partial charge < -0.3 is 9.47 Å². The van der Waals surface area contributed by atoms with Crippen LogP contribution >= 0.6 is 0 Å². The molecule has 0 aliphatic heterocycles. The lowest BCUT2D eigenvalue weighted by atomic mass is 10.1. The van der Waals surface area contributed by atoms with Gasteiger partial charge >= 0.3 is 0 Å². The summed E-state index contributed by atoms with van der Waals surface area (Å²) in [5.41, 5.74) is 1.80. The number of hydrogen-bond acceptors (Lipinski definition) is 2. The lowest BCUT2D eigenvalue weighted by Gasteiger charge is -2.14. The van der Waals surface area contributed by atoms with Gasteiger partial charge in [-0.15, -0.1) is 11.8 Å². The number of ether oxygens (including phenoxy) is 2. The standard InChI is InChI=1S/C36H58O2/c1-5-9-11-13-15-17-19-21-23-25-29-37-35-31-34(28-8-4)36(32-33(35)27-7-3)38-30-26-24-22-20-18-16-14-12-10-6-2/h31-32H,5-6,9-26,29-30H2,1-4H3. The lowest BCUT2D eigenvalue weighted by molar-refractivity contribution is 0.295. The van der Waals surface area contributed by atoms with Crippen molar-refractivity contribution in [3.05, 3.63) is 23.3 Å².